The van der Waals surface area contributed by atoms with Gasteiger partial charge >= 0.3 is 6.09 Å². The van der Waals surface area contributed by atoms with Crippen LogP contribution >= 0.6 is 0 Å². The van der Waals surface area contributed by atoms with Crippen molar-refractivity contribution in [3.63, 3.8) is 0 Å². The van der Waals surface area contributed by atoms with Crippen LogP contribution in [-0.4, -0.2) is 32.7 Å². The molecule has 19 heavy (non-hydrogen) atoms. The predicted molar refractivity (Wildman–Crippen MR) is 69.3 cm³/mol. The smallest absolute Gasteiger partial charge is 0.407 e. The molecule has 1 aliphatic rings. The average Bonchev–Trinajstić information content (AvgIpc) is 2.68. The summed E-state index contributed by atoms with van der Waals surface area (Å²) in [6.07, 6.45) is 3.26. The summed E-state index contributed by atoms with van der Waals surface area (Å²) in [6.45, 7) is 5.78. The van der Waals surface area contributed by atoms with Crippen molar-refractivity contribution in [3.05, 3.63) is 11.9 Å². The Hall–Kier alpha value is -1.63. The van der Waals surface area contributed by atoms with Crippen LogP contribution in [0, 0.1) is 0 Å². The molecule has 2 rings (SSSR count). The van der Waals surface area contributed by atoms with Crippen molar-refractivity contribution in [2.75, 3.05) is 0 Å². The predicted octanol–water partition coefficient (Wildman–Crippen LogP) is 0.965. The third kappa shape index (κ3) is 3.92. The second kappa shape index (κ2) is 5.16. The van der Waals surface area contributed by atoms with E-state index in [1.165, 1.54) is 0 Å². The fourth-order valence-electron chi connectivity index (χ4n) is 1.90. The van der Waals surface area contributed by atoms with Gasteiger partial charge in [-0.1, -0.05) is 5.21 Å². The van der Waals surface area contributed by atoms with E-state index in [4.69, 9.17) is 10.5 Å². The van der Waals surface area contributed by atoms with Crippen LogP contribution in [0.5, 0.6) is 0 Å². The highest BCUT2D eigenvalue weighted by molar-refractivity contribution is 5.67. The molecule has 7 nitrogen and oxygen atoms in total. The van der Waals surface area contributed by atoms with E-state index in [-0.39, 0.29) is 6.04 Å². The molecule has 1 aromatic rings. The van der Waals surface area contributed by atoms with Crippen molar-refractivity contribution in [1.29, 1.82) is 0 Å². The fourth-order valence-corrected chi connectivity index (χ4v) is 1.90. The van der Waals surface area contributed by atoms with Gasteiger partial charge in [-0.05, 0) is 33.6 Å². The summed E-state index contributed by atoms with van der Waals surface area (Å²) in [5, 5.41) is 10.7. The number of rotatable bonds is 3. The third-order valence-electron chi connectivity index (χ3n) is 2.89. The van der Waals surface area contributed by atoms with Gasteiger partial charge in [0.1, 0.15) is 11.3 Å². The molecular weight excluding hydrogens is 246 g/mol. The summed E-state index contributed by atoms with van der Waals surface area (Å²) >= 11 is 0. The van der Waals surface area contributed by atoms with Crippen molar-refractivity contribution in [2.24, 2.45) is 5.73 Å². The molecule has 1 amide bonds. The third-order valence-corrected chi connectivity index (χ3v) is 2.89. The van der Waals surface area contributed by atoms with Gasteiger partial charge < -0.3 is 15.8 Å². The molecule has 1 aliphatic carbocycles. The molecule has 0 unspecified atom stereocenters. The van der Waals surface area contributed by atoms with E-state index in [0.29, 0.717) is 18.3 Å². The Bertz CT molecular complexity index is 445. The van der Waals surface area contributed by atoms with E-state index in [1.807, 2.05) is 31.6 Å². The minimum atomic E-state index is -0.496. The van der Waals surface area contributed by atoms with E-state index in [9.17, 15) is 4.79 Å². The van der Waals surface area contributed by atoms with Crippen LogP contribution in [0.1, 0.15) is 45.3 Å². The van der Waals surface area contributed by atoms with Crippen molar-refractivity contribution < 1.29 is 9.53 Å². The number of nitrogens with two attached hydrogens (primary N) is 1. The van der Waals surface area contributed by atoms with E-state index >= 15 is 0 Å². The molecule has 0 bridgehead atoms. The van der Waals surface area contributed by atoms with Crippen LogP contribution < -0.4 is 11.1 Å². The van der Waals surface area contributed by atoms with E-state index in [1.54, 1.807) is 0 Å². The number of aromatic nitrogens is 3. The zero-order valence-electron chi connectivity index (χ0n) is 11.6. The number of nitrogens with zero attached hydrogens (tertiary/aromatic N) is 3. The maximum Gasteiger partial charge on any atom is 0.407 e. The largest absolute Gasteiger partial charge is 0.444 e. The van der Waals surface area contributed by atoms with Gasteiger partial charge in [0, 0.05) is 6.04 Å². The Balaban J connectivity index is 1.79. The first kappa shape index (κ1) is 13.8. The summed E-state index contributed by atoms with van der Waals surface area (Å²) < 4.78 is 6.95. The maximum atomic E-state index is 11.5. The minimum Gasteiger partial charge on any atom is -0.444 e. The molecular formula is C12H21N5O2. The first-order valence-corrected chi connectivity index (χ1v) is 6.46. The Kier molecular flexibility index (Phi) is 3.75. The summed E-state index contributed by atoms with van der Waals surface area (Å²) in [7, 11) is 0. The average molecular weight is 267 g/mol. The van der Waals surface area contributed by atoms with Gasteiger partial charge in [0.05, 0.1) is 18.8 Å². The second-order valence-corrected chi connectivity index (χ2v) is 5.93. The lowest BCUT2D eigenvalue weighted by Crippen LogP contribution is -2.37. The van der Waals surface area contributed by atoms with Gasteiger partial charge in [-0.25, -0.2) is 9.48 Å². The van der Waals surface area contributed by atoms with Gasteiger partial charge in [-0.2, -0.15) is 0 Å². The van der Waals surface area contributed by atoms with Crippen LogP contribution in [0.3, 0.4) is 0 Å². The highest BCUT2D eigenvalue weighted by atomic mass is 16.6. The number of hydrogen-bond donors (Lipinski definition) is 2. The van der Waals surface area contributed by atoms with Crippen LogP contribution in [0.4, 0.5) is 4.79 Å². The first-order valence-electron chi connectivity index (χ1n) is 6.46. The molecule has 0 saturated heterocycles. The Morgan fingerprint density at radius 2 is 2.26 bits per heavy atom. The normalized spacial score (nSPS) is 22.7. The molecule has 1 heterocycles. The van der Waals surface area contributed by atoms with Crippen molar-refractivity contribution in [3.8, 4) is 0 Å². The summed E-state index contributed by atoms with van der Waals surface area (Å²) in [5.74, 6) is 0. The van der Waals surface area contributed by atoms with Crippen molar-refractivity contribution in [2.45, 2.75) is 57.8 Å². The number of carbonyl (C=O) groups is 1. The number of hydrogen-bond acceptors (Lipinski definition) is 5. The van der Waals surface area contributed by atoms with Crippen LogP contribution in [0.15, 0.2) is 6.20 Å². The number of nitrogens with one attached hydrogen (secondary N) is 1. The number of alkyl carbamates (subject to hydrolysis) is 1. The van der Waals surface area contributed by atoms with Crippen molar-refractivity contribution >= 4 is 6.09 Å². The number of amides is 1. The number of carbonyl (C=O) groups excluding carboxylic acids is 1. The fraction of sp³-hybridized carbons (Fsp3) is 0.750. The summed E-state index contributed by atoms with van der Waals surface area (Å²) in [6, 6.07) is 0.621. The summed E-state index contributed by atoms with van der Waals surface area (Å²) in [4.78, 5) is 11.5. The lowest BCUT2D eigenvalue weighted by molar-refractivity contribution is 0.0523. The zero-order valence-corrected chi connectivity index (χ0v) is 11.6. The lowest BCUT2D eigenvalue weighted by atomic mass is 9.88. The van der Waals surface area contributed by atoms with Gasteiger partial charge in [0.25, 0.3) is 0 Å². The van der Waals surface area contributed by atoms with E-state index in [2.05, 4.69) is 15.6 Å². The van der Waals surface area contributed by atoms with Crippen LogP contribution in [0.2, 0.25) is 0 Å². The van der Waals surface area contributed by atoms with Gasteiger partial charge in [0.15, 0.2) is 0 Å². The topological polar surface area (TPSA) is 95.1 Å². The molecule has 0 spiro atoms. The standard InChI is InChI=1S/C12H21N5O2/c1-12(2,3)19-11(18)14-6-9-7-17(16-15-9)10-4-8(13)5-10/h7-8,10H,4-6,13H2,1-3H3,(H,14,18). The minimum absolute atomic E-state index is 0.275. The highest BCUT2D eigenvalue weighted by Crippen LogP contribution is 2.29. The molecule has 106 valence electrons. The maximum absolute atomic E-state index is 11.5. The molecule has 1 aromatic heterocycles. The lowest BCUT2D eigenvalue weighted by Gasteiger charge is -2.31. The second-order valence-electron chi connectivity index (χ2n) is 5.93. The molecule has 0 atom stereocenters. The highest BCUT2D eigenvalue weighted by Gasteiger charge is 2.28. The molecule has 3 N–H and O–H groups in total. The molecule has 1 saturated carbocycles. The quantitative estimate of drug-likeness (QED) is 0.850. The van der Waals surface area contributed by atoms with Crippen LogP contribution in [-0.2, 0) is 11.3 Å². The SMILES string of the molecule is CC(C)(C)OC(=O)NCc1cn(C2CC(N)C2)nn1. The molecule has 0 aromatic carbocycles. The van der Waals surface area contributed by atoms with Gasteiger partial charge in [0.2, 0.25) is 0 Å². The molecule has 0 radical (unpaired) electrons. The van der Waals surface area contributed by atoms with Gasteiger partial charge in [-0.15, -0.1) is 5.10 Å². The summed E-state index contributed by atoms with van der Waals surface area (Å²) in [5.41, 5.74) is 5.95. The van der Waals surface area contributed by atoms with E-state index in [0.717, 1.165) is 12.8 Å². The Morgan fingerprint density at radius 1 is 1.58 bits per heavy atom. The van der Waals surface area contributed by atoms with Crippen molar-refractivity contribution in [1.82, 2.24) is 20.3 Å². The Morgan fingerprint density at radius 3 is 2.84 bits per heavy atom. The molecule has 1 fully saturated rings. The molecule has 0 aliphatic heterocycles. The number of ether oxygens (including phenoxy) is 1. The first-order chi connectivity index (χ1) is 8.83. The van der Waals surface area contributed by atoms with Gasteiger partial charge in [-0.3, -0.25) is 0 Å². The molecule has 7 heteroatoms. The van der Waals surface area contributed by atoms with Crippen LogP contribution in [0.25, 0.3) is 0 Å². The van der Waals surface area contributed by atoms with E-state index < -0.39 is 11.7 Å². The monoisotopic (exact) mass is 267 g/mol. The Labute approximate surface area is 112 Å². The zero-order chi connectivity index (χ0) is 14.0.